The minimum Gasteiger partial charge on any atom is -0.0958 e. The largest absolute Gasteiger partial charge is 0.122 e. The predicted molar refractivity (Wildman–Crippen MR) is 31.5 cm³/mol. The number of rotatable bonds is 0. The number of halogens is 1. The second-order valence-corrected chi connectivity index (χ2v) is 4.45. The van der Waals surface area contributed by atoms with Crippen molar-refractivity contribution in [3.63, 3.8) is 0 Å². The van der Waals surface area contributed by atoms with Gasteiger partial charge in [0.2, 0.25) is 0 Å². The van der Waals surface area contributed by atoms with Gasteiger partial charge < -0.3 is 0 Å². The van der Waals surface area contributed by atoms with E-state index in [9.17, 15) is 0 Å². The van der Waals surface area contributed by atoms with Gasteiger partial charge in [0.05, 0.1) is 0 Å². The van der Waals surface area contributed by atoms with E-state index in [0.717, 1.165) is 0 Å². The molecule has 0 aromatic carbocycles. The average molecular weight is 135 g/mol. The maximum Gasteiger partial charge on any atom is 0.122 e. The van der Waals surface area contributed by atoms with Crippen molar-refractivity contribution in [2.45, 2.75) is 18.1 Å². The van der Waals surface area contributed by atoms with E-state index in [1.165, 1.54) is 0 Å². The van der Waals surface area contributed by atoms with E-state index in [4.69, 9.17) is 0 Å². The van der Waals surface area contributed by atoms with Gasteiger partial charge in [-0.05, 0) is 4.22 Å². The predicted octanol–water partition coefficient (Wildman–Crippen LogP) is 0.750. The molecular weight excluding hydrogens is 127 g/mol. The molecule has 0 spiro atoms. The molecule has 5 heavy (non-hydrogen) atoms. The van der Waals surface area contributed by atoms with Gasteiger partial charge in [0.1, 0.15) is 7.85 Å². The molecule has 0 aromatic rings. The van der Waals surface area contributed by atoms with Gasteiger partial charge in [-0.15, -0.1) is 0 Å². The summed E-state index contributed by atoms with van der Waals surface area (Å²) in [6.07, 6.45) is 0. The summed E-state index contributed by atoms with van der Waals surface area (Å²) in [4.78, 5) is 0. The Hall–Kier alpha value is 0.545. The lowest BCUT2D eigenvalue weighted by atomic mass is 9.92. The topological polar surface area (TPSA) is 0 Å². The monoisotopic (exact) mass is 134 g/mol. The standard InChI is InChI=1S/C3H8BBr/c1-3(2,4)5/h4H2,1-2H3. The average Bonchev–Trinajstić information content (AvgIpc) is 0.722. The fourth-order valence-corrected chi connectivity index (χ4v) is 0. The first-order valence-electron chi connectivity index (χ1n) is 1.69. The van der Waals surface area contributed by atoms with Crippen LogP contribution in [0.1, 0.15) is 13.8 Å². The molecule has 0 aliphatic rings. The molecule has 0 saturated carbocycles. The number of hydrogen-bond acceptors (Lipinski definition) is 0. The Bertz CT molecular complexity index is 22.4. The Morgan fingerprint density at radius 1 is 1.60 bits per heavy atom. The van der Waals surface area contributed by atoms with E-state index in [0.29, 0.717) is 4.22 Å². The molecular formula is C3H8BBr. The lowest BCUT2D eigenvalue weighted by Gasteiger charge is -2.02. The van der Waals surface area contributed by atoms with Crippen LogP contribution in [0, 0.1) is 0 Å². The van der Waals surface area contributed by atoms with E-state index in [1.54, 1.807) is 0 Å². The van der Waals surface area contributed by atoms with Crippen LogP contribution in [0.5, 0.6) is 0 Å². The van der Waals surface area contributed by atoms with Crippen LogP contribution in [0.25, 0.3) is 0 Å². The molecule has 2 heteroatoms. The molecule has 0 atom stereocenters. The molecule has 0 fully saturated rings. The summed E-state index contributed by atoms with van der Waals surface area (Å²) in [7, 11) is 2.10. The van der Waals surface area contributed by atoms with Crippen LogP contribution in [0.2, 0.25) is 0 Å². The number of alkyl halides is 1. The van der Waals surface area contributed by atoms with Crippen molar-refractivity contribution in [3.8, 4) is 0 Å². The van der Waals surface area contributed by atoms with Crippen LogP contribution in [0.4, 0.5) is 0 Å². The Balaban J connectivity index is 3.02. The molecule has 0 amide bonds. The van der Waals surface area contributed by atoms with Crippen LogP contribution < -0.4 is 0 Å². The Morgan fingerprint density at radius 2 is 1.60 bits per heavy atom. The SMILES string of the molecule is BC(C)(C)Br. The van der Waals surface area contributed by atoms with E-state index in [-0.39, 0.29) is 0 Å². The van der Waals surface area contributed by atoms with E-state index >= 15 is 0 Å². The zero-order valence-corrected chi connectivity index (χ0v) is 5.46. The summed E-state index contributed by atoms with van der Waals surface area (Å²) in [5.41, 5.74) is 0. The first-order valence-corrected chi connectivity index (χ1v) is 2.48. The van der Waals surface area contributed by atoms with Crippen molar-refractivity contribution in [1.29, 1.82) is 0 Å². The minimum absolute atomic E-state index is 0.312. The van der Waals surface area contributed by atoms with Gasteiger partial charge in [0.25, 0.3) is 0 Å². The summed E-state index contributed by atoms with van der Waals surface area (Å²) in [5, 5.41) is 0. The smallest absolute Gasteiger partial charge is 0.0958 e. The lowest BCUT2D eigenvalue weighted by Crippen LogP contribution is -2.05. The Kier molecular flexibility index (Phi) is 1.48. The first kappa shape index (κ1) is 5.54. The Labute approximate surface area is 42.5 Å². The highest BCUT2D eigenvalue weighted by Gasteiger charge is 1.99. The molecule has 0 rings (SSSR count). The fourth-order valence-electron chi connectivity index (χ4n) is 0. The summed E-state index contributed by atoms with van der Waals surface area (Å²) in [6, 6.07) is 0. The van der Waals surface area contributed by atoms with Crippen molar-refractivity contribution >= 4 is 23.8 Å². The highest BCUT2D eigenvalue weighted by molar-refractivity contribution is 9.10. The van der Waals surface area contributed by atoms with Crippen LogP contribution >= 0.6 is 15.9 Å². The molecule has 30 valence electrons. The molecule has 0 saturated heterocycles. The fraction of sp³-hybridized carbons (Fsp3) is 1.00. The van der Waals surface area contributed by atoms with Crippen molar-refractivity contribution < 1.29 is 0 Å². The van der Waals surface area contributed by atoms with Crippen molar-refractivity contribution in [2.24, 2.45) is 0 Å². The highest BCUT2D eigenvalue weighted by Crippen LogP contribution is 2.07. The maximum absolute atomic E-state index is 3.38. The third-order valence-corrected chi connectivity index (χ3v) is 0. The molecule has 0 nitrogen and oxygen atoms in total. The minimum atomic E-state index is 0.312. The Morgan fingerprint density at radius 3 is 1.60 bits per heavy atom. The van der Waals surface area contributed by atoms with Gasteiger partial charge in [-0.25, -0.2) is 0 Å². The molecule has 0 aliphatic heterocycles. The summed E-state index contributed by atoms with van der Waals surface area (Å²) in [6.45, 7) is 4.21. The van der Waals surface area contributed by atoms with Crippen molar-refractivity contribution in [1.82, 2.24) is 0 Å². The van der Waals surface area contributed by atoms with E-state index < -0.39 is 0 Å². The van der Waals surface area contributed by atoms with Gasteiger partial charge in [-0.3, -0.25) is 0 Å². The molecule has 0 N–H and O–H groups in total. The van der Waals surface area contributed by atoms with Gasteiger partial charge in [-0.1, -0.05) is 29.8 Å². The van der Waals surface area contributed by atoms with Crippen molar-refractivity contribution in [2.75, 3.05) is 0 Å². The molecule has 0 unspecified atom stereocenters. The lowest BCUT2D eigenvalue weighted by molar-refractivity contribution is 1.03. The zero-order valence-electron chi connectivity index (χ0n) is 3.88. The van der Waals surface area contributed by atoms with E-state index in [1.807, 2.05) is 0 Å². The van der Waals surface area contributed by atoms with E-state index in [2.05, 4.69) is 37.6 Å². The second-order valence-electron chi connectivity index (χ2n) is 2.07. The normalized spacial score (nSPS) is 11.8. The molecule has 0 aromatic heterocycles. The van der Waals surface area contributed by atoms with Gasteiger partial charge in [0.15, 0.2) is 0 Å². The van der Waals surface area contributed by atoms with Gasteiger partial charge >= 0.3 is 0 Å². The quantitative estimate of drug-likeness (QED) is 0.339. The van der Waals surface area contributed by atoms with Crippen LogP contribution in [-0.2, 0) is 0 Å². The molecule has 0 bridgehead atoms. The van der Waals surface area contributed by atoms with Crippen molar-refractivity contribution in [3.05, 3.63) is 0 Å². The third kappa shape index (κ3) is 99.1. The van der Waals surface area contributed by atoms with Gasteiger partial charge in [-0.2, -0.15) is 0 Å². The zero-order chi connectivity index (χ0) is 4.50. The summed E-state index contributed by atoms with van der Waals surface area (Å²) in [5.74, 6) is 0. The molecule has 0 heterocycles. The third-order valence-electron chi connectivity index (χ3n) is 0. The maximum atomic E-state index is 3.38. The van der Waals surface area contributed by atoms with Crippen LogP contribution in [0.3, 0.4) is 0 Å². The molecule has 0 aliphatic carbocycles. The second kappa shape index (κ2) is 1.33. The van der Waals surface area contributed by atoms with Crippen LogP contribution in [-0.4, -0.2) is 12.1 Å². The summed E-state index contributed by atoms with van der Waals surface area (Å²) < 4.78 is 0.312. The highest BCUT2D eigenvalue weighted by atomic mass is 79.9. The first-order chi connectivity index (χ1) is 2.00. The van der Waals surface area contributed by atoms with Gasteiger partial charge in [0, 0.05) is 0 Å². The number of hydrogen-bond donors (Lipinski definition) is 0. The van der Waals surface area contributed by atoms with Crippen LogP contribution in [0.15, 0.2) is 0 Å². The summed E-state index contributed by atoms with van der Waals surface area (Å²) >= 11 is 3.38. The molecule has 0 radical (unpaired) electrons.